The molecule has 6 heteroatoms. The van der Waals surface area contributed by atoms with Crippen LogP contribution >= 0.6 is 11.6 Å². The minimum absolute atomic E-state index is 0.276. The summed E-state index contributed by atoms with van der Waals surface area (Å²) in [5, 5.41) is 3.58. The summed E-state index contributed by atoms with van der Waals surface area (Å²) in [6.07, 6.45) is 0. The molecule has 0 spiro atoms. The van der Waals surface area contributed by atoms with Crippen LogP contribution in [0.2, 0.25) is 5.02 Å². The lowest BCUT2D eigenvalue weighted by Crippen LogP contribution is -2.32. The van der Waals surface area contributed by atoms with Crippen molar-refractivity contribution in [2.24, 2.45) is 0 Å². The third-order valence-electron chi connectivity index (χ3n) is 2.27. The molecule has 0 heterocycles. The Morgan fingerprint density at radius 2 is 2.00 bits per heavy atom. The van der Waals surface area contributed by atoms with E-state index >= 15 is 0 Å². The van der Waals surface area contributed by atoms with Crippen LogP contribution in [-0.2, 0) is 10.0 Å². The van der Waals surface area contributed by atoms with Crippen LogP contribution in [-0.4, -0.2) is 28.1 Å². The molecule has 1 aromatic carbocycles. The summed E-state index contributed by atoms with van der Waals surface area (Å²) >= 11 is 5.79. The van der Waals surface area contributed by atoms with E-state index in [1.165, 1.54) is 6.07 Å². The molecular weight excluding hydrogens is 260 g/mol. The molecule has 0 saturated heterocycles. The van der Waals surface area contributed by atoms with Gasteiger partial charge in [-0.25, -0.2) is 13.1 Å². The molecule has 0 saturated carbocycles. The van der Waals surface area contributed by atoms with E-state index in [-0.39, 0.29) is 4.90 Å². The quantitative estimate of drug-likeness (QED) is 0.775. The molecule has 2 N–H and O–H groups in total. The molecule has 0 aromatic heterocycles. The number of likely N-dealkylation sites (N-methyl/N-ethyl adjacent to an activating group) is 1. The van der Waals surface area contributed by atoms with Crippen LogP contribution in [0.25, 0.3) is 0 Å². The first kappa shape index (κ1) is 14.4. The van der Waals surface area contributed by atoms with Crippen LogP contribution in [0.3, 0.4) is 0 Å². The first-order valence-corrected chi connectivity index (χ1v) is 7.30. The Labute approximate surface area is 107 Å². The normalized spacial score (nSPS) is 11.7. The van der Waals surface area contributed by atoms with Gasteiger partial charge in [0.1, 0.15) is 0 Å². The maximum Gasteiger partial charge on any atom is 0.240 e. The Kier molecular flexibility index (Phi) is 5.39. The van der Waals surface area contributed by atoms with Crippen molar-refractivity contribution >= 4 is 21.6 Å². The smallest absolute Gasteiger partial charge is 0.240 e. The average molecular weight is 277 g/mol. The summed E-state index contributed by atoms with van der Waals surface area (Å²) in [5.41, 5.74) is 0.647. The van der Waals surface area contributed by atoms with Gasteiger partial charge in [0.15, 0.2) is 0 Å². The van der Waals surface area contributed by atoms with Crippen molar-refractivity contribution in [3.8, 4) is 0 Å². The van der Waals surface area contributed by atoms with Gasteiger partial charge in [-0.15, -0.1) is 0 Å². The van der Waals surface area contributed by atoms with Crippen molar-refractivity contribution in [1.29, 1.82) is 0 Å². The van der Waals surface area contributed by atoms with Crippen LogP contribution in [0, 0.1) is 6.92 Å². The minimum atomic E-state index is -3.44. The van der Waals surface area contributed by atoms with Crippen LogP contribution in [0.1, 0.15) is 12.5 Å². The summed E-state index contributed by atoms with van der Waals surface area (Å²) in [7, 11) is -3.44. The summed E-state index contributed by atoms with van der Waals surface area (Å²) in [6.45, 7) is 5.50. The van der Waals surface area contributed by atoms with Crippen molar-refractivity contribution in [3.63, 3.8) is 0 Å². The lowest BCUT2D eigenvalue weighted by Gasteiger charge is -2.09. The van der Waals surface area contributed by atoms with Crippen LogP contribution in [0.5, 0.6) is 0 Å². The Balaban J connectivity index is 2.76. The van der Waals surface area contributed by atoms with Gasteiger partial charge in [-0.3, -0.25) is 0 Å². The van der Waals surface area contributed by atoms with Crippen LogP contribution < -0.4 is 10.0 Å². The predicted molar refractivity (Wildman–Crippen MR) is 69.9 cm³/mol. The third-order valence-corrected chi connectivity index (χ3v) is 4.13. The van der Waals surface area contributed by atoms with E-state index in [0.717, 1.165) is 6.54 Å². The zero-order chi connectivity index (χ0) is 12.9. The van der Waals surface area contributed by atoms with Gasteiger partial charge in [0.2, 0.25) is 10.0 Å². The Morgan fingerprint density at radius 1 is 1.29 bits per heavy atom. The van der Waals surface area contributed by atoms with E-state index < -0.39 is 10.0 Å². The summed E-state index contributed by atoms with van der Waals surface area (Å²) in [6, 6.07) is 4.74. The Bertz CT molecular complexity index is 474. The molecular formula is C11H17ClN2O2S. The molecule has 0 fully saturated rings. The van der Waals surface area contributed by atoms with Gasteiger partial charge < -0.3 is 5.32 Å². The van der Waals surface area contributed by atoms with Gasteiger partial charge >= 0.3 is 0 Å². The number of benzene rings is 1. The largest absolute Gasteiger partial charge is 0.316 e. The second-order valence-electron chi connectivity index (χ2n) is 3.66. The topological polar surface area (TPSA) is 58.2 Å². The highest BCUT2D eigenvalue weighted by Crippen LogP contribution is 2.19. The van der Waals surface area contributed by atoms with Gasteiger partial charge in [0.25, 0.3) is 0 Å². The maximum atomic E-state index is 11.9. The van der Waals surface area contributed by atoms with Gasteiger partial charge in [-0.05, 0) is 37.2 Å². The standard InChI is InChI=1S/C11H17ClN2O2S/c1-3-13-6-7-14-17(15,16)11-5-4-10(12)8-9(11)2/h4-5,8,13-14H,3,6-7H2,1-2H3. The number of aryl methyl sites for hydroxylation is 1. The molecule has 0 amide bonds. The second kappa shape index (κ2) is 6.35. The maximum absolute atomic E-state index is 11.9. The summed E-state index contributed by atoms with van der Waals surface area (Å²) < 4.78 is 26.4. The first-order chi connectivity index (χ1) is 7.97. The molecule has 1 rings (SSSR count). The Hall–Kier alpha value is -0.620. The van der Waals surface area contributed by atoms with Crippen molar-refractivity contribution in [1.82, 2.24) is 10.0 Å². The van der Waals surface area contributed by atoms with Gasteiger partial charge in [-0.1, -0.05) is 18.5 Å². The van der Waals surface area contributed by atoms with Crippen molar-refractivity contribution in [2.45, 2.75) is 18.7 Å². The lowest BCUT2D eigenvalue weighted by molar-refractivity contribution is 0.577. The number of rotatable bonds is 6. The predicted octanol–water partition coefficient (Wildman–Crippen LogP) is 1.54. The highest BCUT2D eigenvalue weighted by Gasteiger charge is 2.15. The molecule has 0 radical (unpaired) electrons. The molecule has 0 unspecified atom stereocenters. The fraction of sp³-hybridized carbons (Fsp3) is 0.455. The number of hydrogen-bond donors (Lipinski definition) is 2. The van der Waals surface area contributed by atoms with E-state index in [9.17, 15) is 8.42 Å². The number of hydrogen-bond acceptors (Lipinski definition) is 3. The Morgan fingerprint density at radius 3 is 2.59 bits per heavy atom. The van der Waals surface area contributed by atoms with Gasteiger partial charge in [-0.2, -0.15) is 0 Å². The molecule has 4 nitrogen and oxygen atoms in total. The lowest BCUT2D eigenvalue weighted by atomic mass is 10.2. The van der Waals surface area contributed by atoms with E-state index in [0.29, 0.717) is 23.7 Å². The SMILES string of the molecule is CCNCCNS(=O)(=O)c1ccc(Cl)cc1C. The zero-order valence-corrected chi connectivity index (χ0v) is 11.5. The van der Waals surface area contributed by atoms with Gasteiger partial charge in [0.05, 0.1) is 4.90 Å². The number of halogens is 1. The molecule has 0 bridgehead atoms. The second-order valence-corrected chi connectivity index (χ2v) is 5.83. The van der Waals surface area contributed by atoms with E-state index in [2.05, 4.69) is 10.0 Å². The highest BCUT2D eigenvalue weighted by atomic mass is 35.5. The zero-order valence-electron chi connectivity index (χ0n) is 9.96. The van der Waals surface area contributed by atoms with Crippen LogP contribution in [0.15, 0.2) is 23.1 Å². The van der Waals surface area contributed by atoms with Crippen molar-refractivity contribution in [3.05, 3.63) is 28.8 Å². The fourth-order valence-electron chi connectivity index (χ4n) is 1.44. The van der Waals surface area contributed by atoms with Crippen molar-refractivity contribution < 1.29 is 8.42 Å². The average Bonchev–Trinajstić information content (AvgIpc) is 2.24. The fourth-order valence-corrected chi connectivity index (χ4v) is 2.93. The van der Waals surface area contributed by atoms with Gasteiger partial charge in [0, 0.05) is 18.1 Å². The van der Waals surface area contributed by atoms with E-state index in [1.54, 1.807) is 19.1 Å². The first-order valence-electron chi connectivity index (χ1n) is 5.44. The van der Waals surface area contributed by atoms with Crippen LogP contribution in [0.4, 0.5) is 0 Å². The third kappa shape index (κ3) is 4.27. The van der Waals surface area contributed by atoms with Crippen molar-refractivity contribution in [2.75, 3.05) is 19.6 Å². The summed E-state index contributed by atoms with van der Waals surface area (Å²) in [4.78, 5) is 0.276. The molecule has 96 valence electrons. The molecule has 0 aliphatic heterocycles. The molecule has 1 aromatic rings. The molecule has 17 heavy (non-hydrogen) atoms. The number of sulfonamides is 1. The minimum Gasteiger partial charge on any atom is -0.316 e. The van der Waals surface area contributed by atoms with E-state index in [1.807, 2.05) is 6.92 Å². The monoisotopic (exact) mass is 276 g/mol. The molecule has 0 aliphatic rings. The summed E-state index contributed by atoms with van der Waals surface area (Å²) in [5.74, 6) is 0. The highest BCUT2D eigenvalue weighted by molar-refractivity contribution is 7.89. The van der Waals surface area contributed by atoms with E-state index in [4.69, 9.17) is 11.6 Å². The molecule has 0 aliphatic carbocycles. The number of nitrogens with one attached hydrogen (secondary N) is 2. The molecule has 0 atom stereocenters.